The van der Waals surface area contributed by atoms with Crippen LogP contribution in [0.25, 0.3) is 11.1 Å². The number of carbonyl (C=O) groups is 3. The van der Waals surface area contributed by atoms with Gasteiger partial charge in [0.15, 0.2) is 6.04 Å². The van der Waals surface area contributed by atoms with Crippen LogP contribution in [0.4, 0.5) is 4.79 Å². The van der Waals surface area contributed by atoms with Crippen LogP contribution in [0.15, 0.2) is 78.9 Å². The number of aliphatic carboxylic acids is 1. The topological polar surface area (TPSA) is 114 Å². The van der Waals surface area contributed by atoms with Crippen molar-refractivity contribution in [2.24, 2.45) is 0 Å². The van der Waals surface area contributed by atoms with Crippen LogP contribution in [-0.4, -0.2) is 47.9 Å². The molecule has 8 nitrogen and oxygen atoms in total. The lowest BCUT2D eigenvalue weighted by molar-refractivity contribution is -0.146. The van der Waals surface area contributed by atoms with Gasteiger partial charge < -0.3 is 25.2 Å². The molecular formula is C32H36N2O6. The quantitative estimate of drug-likeness (QED) is 0.271. The molecule has 0 fully saturated rings. The number of hydrogen-bond acceptors (Lipinski definition) is 5. The number of amides is 2. The maximum Gasteiger partial charge on any atom is 0.407 e. The Morgan fingerprint density at radius 3 is 2.08 bits per heavy atom. The van der Waals surface area contributed by atoms with Gasteiger partial charge in [0.25, 0.3) is 0 Å². The SMILES string of the molecule is CCC[C@@H](CC(=O)NC(C(=O)O)C(C)OCc1ccccc1)NC(=O)OCC1c2ccccc2-c2ccccc21. The van der Waals surface area contributed by atoms with Gasteiger partial charge >= 0.3 is 12.1 Å². The zero-order valence-electron chi connectivity index (χ0n) is 22.8. The van der Waals surface area contributed by atoms with Crippen LogP contribution in [0.5, 0.6) is 0 Å². The van der Waals surface area contributed by atoms with Gasteiger partial charge in [0, 0.05) is 18.4 Å². The third-order valence-corrected chi connectivity index (χ3v) is 7.14. The van der Waals surface area contributed by atoms with E-state index in [1.54, 1.807) is 6.92 Å². The number of ether oxygens (including phenoxy) is 2. The minimum atomic E-state index is -1.23. The number of fused-ring (bicyclic) bond motifs is 3. The van der Waals surface area contributed by atoms with Crippen molar-refractivity contribution in [1.82, 2.24) is 10.6 Å². The van der Waals surface area contributed by atoms with Gasteiger partial charge in [-0.2, -0.15) is 0 Å². The predicted molar refractivity (Wildman–Crippen MR) is 152 cm³/mol. The summed E-state index contributed by atoms with van der Waals surface area (Å²) in [5, 5.41) is 15.1. The van der Waals surface area contributed by atoms with E-state index in [0.717, 1.165) is 34.2 Å². The molecule has 8 heteroatoms. The van der Waals surface area contributed by atoms with Gasteiger partial charge in [-0.25, -0.2) is 9.59 Å². The average Bonchev–Trinajstić information content (AvgIpc) is 3.27. The lowest BCUT2D eigenvalue weighted by Crippen LogP contribution is -2.50. The van der Waals surface area contributed by atoms with Crippen LogP contribution >= 0.6 is 0 Å². The van der Waals surface area contributed by atoms with E-state index in [0.29, 0.717) is 6.42 Å². The smallest absolute Gasteiger partial charge is 0.407 e. The number of rotatable bonds is 13. The second-order valence-corrected chi connectivity index (χ2v) is 10.0. The summed E-state index contributed by atoms with van der Waals surface area (Å²) >= 11 is 0. The summed E-state index contributed by atoms with van der Waals surface area (Å²) < 4.78 is 11.3. The van der Waals surface area contributed by atoms with Gasteiger partial charge in [-0.05, 0) is 41.2 Å². The molecule has 0 aliphatic heterocycles. The number of nitrogens with one attached hydrogen (secondary N) is 2. The first kappa shape index (κ1) is 28.8. The molecule has 0 aromatic heterocycles. The average molecular weight is 545 g/mol. The minimum absolute atomic E-state index is 0.0697. The van der Waals surface area contributed by atoms with Crippen LogP contribution < -0.4 is 10.6 Å². The van der Waals surface area contributed by atoms with E-state index in [4.69, 9.17) is 9.47 Å². The molecule has 0 heterocycles. The predicted octanol–water partition coefficient (Wildman–Crippen LogP) is 5.26. The van der Waals surface area contributed by atoms with Crippen molar-refractivity contribution in [2.45, 2.75) is 63.8 Å². The lowest BCUT2D eigenvalue weighted by Gasteiger charge is -2.24. The zero-order chi connectivity index (χ0) is 28.5. The van der Waals surface area contributed by atoms with Gasteiger partial charge in [0.2, 0.25) is 5.91 Å². The summed E-state index contributed by atoms with van der Waals surface area (Å²) in [6, 6.07) is 23.9. The zero-order valence-corrected chi connectivity index (χ0v) is 22.8. The number of alkyl carbamates (subject to hydrolysis) is 1. The van der Waals surface area contributed by atoms with Gasteiger partial charge in [-0.1, -0.05) is 92.2 Å². The third-order valence-electron chi connectivity index (χ3n) is 7.14. The van der Waals surface area contributed by atoms with E-state index >= 15 is 0 Å². The number of carbonyl (C=O) groups excluding carboxylic acids is 2. The molecule has 3 aromatic rings. The molecule has 3 aromatic carbocycles. The Kier molecular flexibility index (Phi) is 9.91. The van der Waals surface area contributed by atoms with E-state index in [-0.39, 0.29) is 25.6 Å². The van der Waals surface area contributed by atoms with E-state index in [9.17, 15) is 19.5 Å². The number of hydrogen-bond donors (Lipinski definition) is 3. The summed E-state index contributed by atoms with van der Waals surface area (Å²) in [4.78, 5) is 37.5. The summed E-state index contributed by atoms with van der Waals surface area (Å²) in [7, 11) is 0. The van der Waals surface area contributed by atoms with Crippen LogP contribution in [0.1, 0.15) is 55.7 Å². The molecule has 4 rings (SSSR count). The van der Waals surface area contributed by atoms with Crippen LogP contribution in [-0.2, 0) is 25.7 Å². The lowest BCUT2D eigenvalue weighted by atomic mass is 9.98. The van der Waals surface area contributed by atoms with Crippen LogP contribution in [0.3, 0.4) is 0 Å². The van der Waals surface area contributed by atoms with Gasteiger partial charge in [0.05, 0.1) is 12.7 Å². The third kappa shape index (κ3) is 7.27. The Bertz CT molecular complexity index is 1270. The molecule has 2 amide bonds. The summed E-state index contributed by atoms with van der Waals surface area (Å²) in [5.74, 6) is -1.75. The van der Waals surface area contributed by atoms with Gasteiger partial charge in [-0.15, -0.1) is 0 Å². The van der Waals surface area contributed by atoms with Gasteiger partial charge in [-0.3, -0.25) is 4.79 Å². The van der Waals surface area contributed by atoms with Gasteiger partial charge in [0.1, 0.15) is 6.61 Å². The highest BCUT2D eigenvalue weighted by Gasteiger charge is 2.30. The maximum absolute atomic E-state index is 12.8. The van der Waals surface area contributed by atoms with E-state index in [1.807, 2.05) is 61.5 Å². The van der Waals surface area contributed by atoms with Crippen molar-refractivity contribution in [1.29, 1.82) is 0 Å². The molecule has 0 bridgehead atoms. The van der Waals surface area contributed by atoms with E-state index < -0.39 is 36.2 Å². The molecule has 1 aliphatic carbocycles. The monoisotopic (exact) mass is 544 g/mol. The second kappa shape index (κ2) is 13.8. The first-order chi connectivity index (χ1) is 19.4. The Morgan fingerprint density at radius 1 is 0.875 bits per heavy atom. The Balaban J connectivity index is 1.31. The highest BCUT2D eigenvalue weighted by Crippen LogP contribution is 2.44. The molecule has 1 aliphatic rings. The first-order valence-electron chi connectivity index (χ1n) is 13.7. The van der Waals surface area contributed by atoms with Crippen molar-refractivity contribution in [2.75, 3.05) is 6.61 Å². The molecule has 0 radical (unpaired) electrons. The van der Waals surface area contributed by atoms with Crippen molar-refractivity contribution in [3.63, 3.8) is 0 Å². The fraction of sp³-hybridized carbons (Fsp3) is 0.344. The van der Waals surface area contributed by atoms with Crippen molar-refractivity contribution < 1.29 is 29.0 Å². The first-order valence-corrected chi connectivity index (χ1v) is 13.7. The molecule has 2 unspecified atom stereocenters. The highest BCUT2D eigenvalue weighted by molar-refractivity contribution is 5.84. The summed E-state index contributed by atoms with van der Waals surface area (Å²) in [6.07, 6.45) is -0.188. The van der Waals surface area contributed by atoms with Crippen molar-refractivity contribution >= 4 is 18.0 Å². The fourth-order valence-corrected chi connectivity index (χ4v) is 5.11. The fourth-order valence-electron chi connectivity index (χ4n) is 5.11. The molecular weight excluding hydrogens is 508 g/mol. The maximum atomic E-state index is 12.8. The number of benzene rings is 3. The molecule has 210 valence electrons. The standard InChI is InChI=1S/C32H36N2O6/c1-3-11-23(18-29(35)34-30(31(36)37)21(2)39-19-22-12-5-4-6-13-22)33-32(38)40-20-28-26-16-9-7-14-24(26)25-15-8-10-17-27(25)28/h4-10,12-17,21,23,28,30H,3,11,18-20H2,1-2H3,(H,33,38)(H,34,35)(H,36,37)/t21?,23-,30?/m0/s1. The van der Waals surface area contributed by atoms with Crippen molar-refractivity contribution in [3.8, 4) is 11.1 Å². The molecule has 40 heavy (non-hydrogen) atoms. The Labute approximate surface area is 234 Å². The molecule has 0 saturated heterocycles. The number of carboxylic acid groups (broad SMARTS) is 1. The summed E-state index contributed by atoms with van der Waals surface area (Å²) in [6.45, 7) is 3.95. The minimum Gasteiger partial charge on any atom is -0.480 e. The largest absolute Gasteiger partial charge is 0.480 e. The summed E-state index contributed by atoms with van der Waals surface area (Å²) in [5.41, 5.74) is 5.42. The van der Waals surface area contributed by atoms with E-state index in [1.165, 1.54) is 0 Å². The molecule has 3 atom stereocenters. The molecule has 3 N–H and O–H groups in total. The normalized spacial score (nSPS) is 14.3. The Morgan fingerprint density at radius 2 is 1.48 bits per heavy atom. The Hall–Kier alpha value is -4.17. The van der Waals surface area contributed by atoms with Crippen molar-refractivity contribution in [3.05, 3.63) is 95.6 Å². The molecule has 0 saturated carbocycles. The number of carboxylic acids is 1. The van der Waals surface area contributed by atoms with E-state index in [2.05, 4.69) is 34.9 Å². The molecule has 0 spiro atoms. The second-order valence-electron chi connectivity index (χ2n) is 10.0. The van der Waals surface area contributed by atoms with Crippen LogP contribution in [0, 0.1) is 0 Å². The highest BCUT2D eigenvalue weighted by atomic mass is 16.5. The van der Waals surface area contributed by atoms with Crippen LogP contribution in [0.2, 0.25) is 0 Å².